The maximum absolute atomic E-state index is 11.7. The van der Waals surface area contributed by atoms with Crippen molar-refractivity contribution in [3.05, 3.63) is 51.4 Å². The quantitative estimate of drug-likeness (QED) is 0.913. The molecular weight excluding hydrogens is 244 g/mol. The normalized spacial score (nSPS) is 10.1. The highest BCUT2D eigenvalue weighted by Crippen LogP contribution is 2.14. The topological polar surface area (TPSA) is 42.0 Å². The minimum absolute atomic E-state index is 0.180. The number of aromatic nitrogens is 1. The largest absolute Gasteiger partial charge is 0.345 e. The van der Waals surface area contributed by atoms with Gasteiger partial charge in [-0.1, -0.05) is 23.7 Å². The predicted octanol–water partition coefficient (Wildman–Crippen LogP) is 2.73. The van der Waals surface area contributed by atoms with Gasteiger partial charge >= 0.3 is 0 Å². The van der Waals surface area contributed by atoms with E-state index in [1.807, 2.05) is 5.38 Å². The van der Waals surface area contributed by atoms with Crippen molar-refractivity contribution in [2.24, 2.45) is 0 Å². The zero-order valence-electron chi connectivity index (χ0n) is 8.31. The van der Waals surface area contributed by atoms with Crippen LogP contribution in [-0.2, 0) is 6.54 Å². The number of nitrogens with one attached hydrogen (secondary N) is 1. The zero-order chi connectivity index (χ0) is 11.4. The van der Waals surface area contributed by atoms with Crippen LogP contribution in [0.3, 0.4) is 0 Å². The first-order valence-electron chi connectivity index (χ1n) is 4.68. The summed E-state index contributed by atoms with van der Waals surface area (Å²) in [7, 11) is 0. The van der Waals surface area contributed by atoms with Gasteiger partial charge in [0.25, 0.3) is 5.91 Å². The summed E-state index contributed by atoms with van der Waals surface area (Å²) in [6, 6.07) is 6.96. The van der Waals surface area contributed by atoms with Crippen LogP contribution in [0.4, 0.5) is 0 Å². The molecule has 0 saturated heterocycles. The molecule has 1 amide bonds. The van der Waals surface area contributed by atoms with E-state index in [0.29, 0.717) is 17.1 Å². The van der Waals surface area contributed by atoms with Gasteiger partial charge in [-0.05, 0) is 12.1 Å². The Morgan fingerprint density at radius 3 is 2.94 bits per heavy atom. The highest BCUT2D eigenvalue weighted by atomic mass is 35.5. The molecule has 0 aliphatic heterocycles. The molecule has 82 valence electrons. The van der Waals surface area contributed by atoms with E-state index in [0.717, 1.165) is 5.01 Å². The maximum Gasteiger partial charge on any atom is 0.253 e. The van der Waals surface area contributed by atoms with E-state index in [9.17, 15) is 4.79 Å². The second-order valence-corrected chi connectivity index (χ2v) is 4.47. The predicted molar refractivity (Wildman–Crippen MR) is 64.7 cm³/mol. The Morgan fingerprint density at radius 1 is 1.44 bits per heavy atom. The first-order valence-corrected chi connectivity index (χ1v) is 5.94. The molecule has 0 radical (unpaired) electrons. The van der Waals surface area contributed by atoms with E-state index in [4.69, 9.17) is 11.6 Å². The van der Waals surface area contributed by atoms with E-state index in [1.54, 1.807) is 30.5 Å². The maximum atomic E-state index is 11.7. The van der Waals surface area contributed by atoms with Crippen LogP contribution >= 0.6 is 22.9 Å². The minimum atomic E-state index is -0.180. The van der Waals surface area contributed by atoms with Crippen LogP contribution in [0.25, 0.3) is 0 Å². The fourth-order valence-corrected chi connectivity index (χ4v) is 2.01. The minimum Gasteiger partial charge on any atom is -0.345 e. The third-order valence-electron chi connectivity index (χ3n) is 2.00. The molecule has 1 N–H and O–H groups in total. The van der Waals surface area contributed by atoms with Crippen molar-refractivity contribution in [1.29, 1.82) is 0 Å². The third kappa shape index (κ3) is 2.59. The highest BCUT2D eigenvalue weighted by Gasteiger charge is 2.09. The molecule has 1 heterocycles. The molecule has 1 aromatic carbocycles. The summed E-state index contributed by atoms with van der Waals surface area (Å²) in [6.45, 7) is 0.432. The number of amides is 1. The van der Waals surface area contributed by atoms with Gasteiger partial charge in [-0.15, -0.1) is 11.3 Å². The van der Waals surface area contributed by atoms with Crippen molar-refractivity contribution in [3.8, 4) is 0 Å². The van der Waals surface area contributed by atoms with Crippen molar-refractivity contribution in [1.82, 2.24) is 10.3 Å². The molecule has 0 unspecified atom stereocenters. The van der Waals surface area contributed by atoms with Crippen LogP contribution in [-0.4, -0.2) is 10.9 Å². The van der Waals surface area contributed by atoms with Crippen molar-refractivity contribution >= 4 is 28.8 Å². The van der Waals surface area contributed by atoms with E-state index >= 15 is 0 Å². The van der Waals surface area contributed by atoms with Crippen molar-refractivity contribution in [2.45, 2.75) is 6.54 Å². The standard InChI is InChI=1S/C11H9ClN2OS/c12-9-4-2-1-3-8(9)11(15)14-7-10-13-5-6-16-10/h1-6H,7H2,(H,14,15). The lowest BCUT2D eigenvalue weighted by Gasteiger charge is -2.04. The summed E-state index contributed by atoms with van der Waals surface area (Å²) in [4.78, 5) is 15.8. The smallest absolute Gasteiger partial charge is 0.253 e. The molecule has 0 spiro atoms. The summed E-state index contributed by atoms with van der Waals surface area (Å²) in [5, 5.41) is 5.97. The number of carbonyl (C=O) groups is 1. The van der Waals surface area contributed by atoms with Gasteiger partial charge in [0.1, 0.15) is 5.01 Å². The Balaban J connectivity index is 2.01. The molecule has 0 fully saturated rings. The lowest BCUT2D eigenvalue weighted by Crippen LogP contribution is -2.22. The summed E-state index contributed by atoms with van der Waals surface area (Å²) in [6.07, 6.45) is 1.71. The number of carbonyl (C=O) groups excluding carboxylic acids is 1. The van der Waals surface area contributed by atoms with E-state index in [1.165, 1.54) is 11.3 Å². The summed E-state index contributed by atoms with van der Waals surface area (Å²) < 4.78 is 0. The molecule has 0 saturated carbocycles. The average Bonchev–Trinajstić information content (AvgIpc) is 2.79. The first-order chi connectivity index (χ1) is 7.77. The molecule has 16 heavy (non-hydrogen) atoms. The zero-order valence-corrected chi connectivity index (χ0v) is 9.89. The second kappa shape index (κ2) is 5.09. The number of benzene rings is 1. The van der Waals surface area contributed by atoms with E-state index in [2.05, 4.69) is 10.3 Å². The monoisotopic (exact) mass is 252 g/mol. The SMILES string of the molecule is O=C(NCc1nccs1)c1ccccc1Cl. The summed E-state index contributed by atoms with van der Waals surface area (Å²) in [5.74, 6) is -0.180. The van der Waals surface area contributed by atoms with Gasteiger partial charge in [0, 0.05) is 11.6 Å². The van der Waals surface area contributed by atoms with Crippen molar-refractivity contribution in [3.63, 3.8) is 0 Å². The summed E-state index contributed by atoms with van der Waals surface area (Å²) >= 11 is 7.41. The molecule has 0 aliphatic carbocycles. The van der Waals surface area contributed by atoms with Gasteiger partial charge in [-0.2, -0.15) is 0 Å². The van der Waals surface area contributed by atoms with Crippen LogP contribution in [0.2, 0.25) is 5.02 Å². The fraction of sp³-hybridized carbons (Fsp3) is 0.0909. The average molecular weight is 253 g/mol. The van der Waals surface area contributed by atoms with Gasteiger partial charge < -0.3 is 5.32 Å². The molecule has 3 nitrogen and oxygen atoms in total. The molecule has 0 bridgehead atoms. The van der Waals surface area contributed by atoms with Gasteiger partial charge in [0.15, 0.2) is 0 Å². The Hall–Kier alpha value is -1.39. The van der Waals surface area contributed by atoms with E-state index in [-0.39, 0.29) is 5.91 Å². The second-order valence-electron chi connectivity index (χ2n) is 3.09. The Kier molecular flexibility index (Phi) is 3.54. The molecule has 0 aliphatic rings. The number of hydrogen-bond donors (Lipinski definition) is 1. The lowest BCUT2D eigenvalue weighted by molar-refractivity contribution is 0.0951. The van der Waals surface area contributed by atoms with Gasteiger partial charge in [-0.3, -0.25) is 4.79 Å². The molecule has 1 aromatic heterocycles. The number of rotatable bonds is 3. The van der Waals surface area contributed by atoms with Gasteiger partial charge in [0.2, 0.25) is 0 Å². The fourth-order valence-electron chi connectivity index (χ4n) is 1.24. The number of hydrogen-bond acceptors (Lipinski definition) is 3. The van der Waals surface area contributed by atoms with Crippen LogP contribution < -0.4 is 5.32 Å². The van der Waals surface area contributed by atoms with Gasteiger partial charge in [0.05, 0.1) is 17.1 Å². The van der Waals surface area contributed by atoms with Crippen LogP contribution in [0.5, 0.6) is 0 Å². The van der Waals surface area contributed by atoms with Crippen LogP contribution in [0.1, 0.15) is 15.4 Å². The number of thiazole rings is 1. The van der Waals surface area contributed by atoms with E-state index < -0.39 is 0 Å². The van der Waals surface area contributed by atoms with Gasteiger partial charge in [-0.25, -0.2) is 4.98 Å². The van der Waals surface area contributed by atoms with Crippen LogP contribution in [0.15, 0.2) is 35.8 Å². The Labute approximate surface area is 102 Å². The molecule has 5 heteroatoms. The Morgan fingerprint density at radius 2 is 2.25 bits per heavy atom. The molecule has 0 atom stereocenters. The molecule has 2 rings (SSSR count). The lowest BCUT2D eigenvalue weighted by atomic mass is 10.2. The molecular formula is C11H9ClN2OS. The Bertz CT molecular complexity index is 484. The number of halogens is 1. The van der Waals surface area contributed by atoms with Crippen LogP contribution in [0, 0.1) is 0 Å². The molecule has 2 aromatic rings. The third-order valence-corrected chi connectivity index (χ3v) is 3.11. The first kappa shape index (κ1) is 11.1. The summed E-state index contributed by atoms with van der Waals surface area (Å²) in [5.41, 5.74) is 0.487. The number of nitrogens with zero attached hydrogens (tertiary/aromatic N) is 1. The van der Waals surface area contributed by atoms with Crippen molar-refractivity contribution in [2.75, 3.05) is 0 Å². The van der Waals surface area contributed by atoms with Crippen molar-refractivity contribution < 1.29 is 4.79 Å². The highest BCUT2D eigenvalue weighted by molar-refractivity contribution is 7.09.